The van der Waals surface area contributed by atoms with Gasteiger partial charge in [-0.1, -0.05) is 0 Å². The van der Waals surface area contributed by atoms with Crippen molar-refractivity contribution in [1.82, 2.24) is 34.9 Å². The zero-order chi connectivity index (χ0) is 39.1. The fourth-order valence-corrected chi connectivity index (χ4v) is 7.82. The molecule has 296 valence electrons. The average molecular weight is 767 g/mol. The van der Waals surface area contributed by atoms with Crippen molar-refractivity contribution in [3.8, 4) is 17.4 Å². The third-order valence-corrected chi connectivity index (χ3v) is 10.5. The topological polar surface area (TPSA) is 126 Å². The van der Waals surface area contributed by atoms with Crippen LogP contribution in [0.15, 0.2) is 36.8 Å². The minimum atomic E-state index is -2.83. The lowest BCUT2D eigenvalue weighted by Crippen LogP contribution is -2.55. The fourth-order valence-electron chi connectivity index (χ4n) is 7.82. The van der Waals surface area contributed by atoms with Gasteiger partial charge in [0, 0.05) is 113 Å². The summed E-state index contributed by atoms with van der Waals surface area (Å²) in [6.07, 6.45) is 4.09. The largest absolute Gasteiger partial charge is 0.490 e. The number of rotatable bonds is 10. The summed E-state index contributed by atoms with van der Waals surface area (Å²) in [5.41, 5.74) is 1.54. The maximum Gasteiger partial charge on any atom is 0.410 e. The van der Waals surface area contributed by atoms with Crippen molar-refractivity contribution in [3.63, 3.8) is 0 Å². The van der Waals surface area contributed by atoms with E-state index in [0.29, 0.717) is 50.8 Å². The van der Waals surface area contributed by atoms with Gasteiger partial charge in [-0.25, -0.2) is 22.9 Å². The van der Waals surface area contributed by atoms with Crippen LogP contribution in [0, 0.1) is 11.7 Å². The first kappa shape index (κ1) is 38.5. The van der Waals surface area contributed by atoms with E-state index in [1.807, 2.05) is 31.7 Å². The van der Waals surface area contributed by atoms with E-state index in [-0.39, 0.29) is 29.4 Å². The Morgan fingerprint density at radius 1 is 1.04 bits per heavy atom. The van der Waals surface area contributed by atoms with Crippen molar-refractivity contribution >= 4 is 17.8 Å². The molecule has 0 radical (unpaired) electrons. The molecule has 2 amide bonds. The molecule has 1 saturated carbocycles. The number of ether oxygens (including phenoxy) is 3. The highest BCUT2D eigenvalue weighted by atomic mass is 19.3. The number of alkyl halides is 2. The second-order valence-corrected chi connectivity index (χ2v) is 16.3. The number of carbonyl (C=O) groups is 2. The van der Waals surface area contributed by atoms with Crippen LogP contribution in [0.1, 0.15) is 81.9 Å². The molecule has 0 spiro atoms. The van der Waals surface area contributed by atoms with Crippen molar-refractivity contribution in [2.75, 3.05) is 44.2 Å². The predicted molar refractivity (Wildman–Crippen MR) is 196 cm³/mol. The van der Waals surface area contributed by atoms with E-state index in [9.17, 15) is 22.8 Å². The molecule has 0 N–H and O–H groups in total. The lowest BCUT2D eigenvalue weighted by Gasteiger charge is -2.44. The van der Waals surface area contributed by atoms with Crippen LogP contribution < -0.4 is 14.4 Å². The summed E-state index contributed by atoms with van der Waals surface area (Å²) in [7, 11) is 0. The molecule has 0 bridgehead atoms. The summed E-state index contributed by atoms with van der Waals surface area (Å²) in [6, 6.07) is 4.42. The summed E-state index contributed by atoms with van der Waals surface area (Å²) >= 11 is 0. The molecule has 0 unspecified atom stereocenters. The Morgan fingerprint density at radius 3 is 2.47 bits per heavy atom. The van der Waals surface area contributed by atoms with Gasteiger partial charge in [-0.05, 0) is 58.9 Å². The number of piperidine rings is 1. The van der Waals surface area contributed by atoms with Crippen molar-refractivity contribution in [2.24, 2.45) is 5.92 Å². The number of fused-ring (bicyclic) bond motifs is 1. The molecule has 13 nitrogen and oxygen atoms in total. The molecule has 55 heavy (non-hydrogen) atoms. The minimum absolute atomic E-state index is 0.0269. The Hall–Kier alpha value is -4.73. The normalized spacial score (nSPS) is 19.4. The highest BCUT2D eigenvalue weighted by molar-refractivity contribution is 5.97. The average Bonchev–Trinajstić information content (AvgIpc) is 3.09. The first-order valence-electron chi connectivity index (χ1n) is 19.1. The standard InChI is InChI=1S/C39H49F3N8O5/c1-24(2)50(27-17-39(41,42)18-27)36(51)29-16-26(40)6-7-32(29)54-35-34(44-23-45-46-35)48-14-9-28(10-15-48)53-33-8-12-43-31-11-13-47(22-30(31)33)19-25-20-49(21-25)37(52)55-38(3,4)5/h6-8,12,16,23-25,27-28H,9-11,13-15,17-22H2,1-5H3. The Labute approximate surface area is 319 Å². The molecule has 1 aliphatic carbocycles. The molecule has 5 heterocycles. The van der Waals surface area contributed by atoms with Gasteiger partial charge in [0.05, 0.1) is 5.56 Å². The van der Waals surface area contributed by atoms with Gasteiger partial charge in [-0.3, -0.25) is 14.7 Å². The summed E-state index contributed by atoms with van der Waals surface area (Å²) < 4.78 is 60.4. The van der Waals surface area contributed by atoms with Crippen LogP contribution in [0.25, 0.3) is 0 Å². The Morgan fingerprint density at radius 2 is 1.78 bits per heavy atom. The second-order valence-electron chi connectivity index (χ2n) is 16.3. The second kappa shape index (κ2) is 15.4. The van der Waals surface area contributed by atoms with Crippen molar-refractivity contribution < 1.29 is 37.0 Å². The van der Waals surface area contributed by atoms with Crippen LogP contribution >= 0.6 is 0 Å². The minimum Gasteiger partial charge on any atom is -0.490 e. The summed E-state index contributed by atoms with van der Waals surface area (Å²) in [5, 5.41) is 8.07. The molecule has 3 fully saturated rings. The van der Waals surface area contributed by atoms with Gasteiger partial charge in [0.15, 0.2) is 5.82 Å². The number of hydrogen-bond donors (Lipinski definition) is 0. The van der Waals surface area contributed by atoms with E-state index in [1.165, 1.54) is 23.4 Å². The van der Waals surface area contributed by atoms with E-state index in [4.69, 9.17) is 14.2 Å². The van der Waals surface area contributed by atoms with Crippen LogP contribution in [0.5, 0.6) is 17.4 Å². The SMILES string of the molecule is CC(C)N(C(=O)c1cc(F)ccc1Oc1nncnc1N1CCC(Oc2ccnc3c2CN(CC2CN(C(=O)OC(C)(C)C)C2)CC3)CC1)C1CC(F)(F)C1. The number of carbonyl (C=O) groups excluding carboxylic acids is 2. The number of amides is 2. The molecule has 3 aliphatic heterocycles. The van der Waals surface area contributed by atoms with Crippen LogP contribution in [0.2, 0.25) is 0 Å². The van der Waals surface area contributed by atoms with E-state index in [2.05, 4.69) is 25.1 Å². The molecule has 0 atom stereocenters. The Kier molecular flexibility index (Phi) is 10.8. The van der Waals surface area contributed by atoms with E-state index >= 15 is 0 Å². The number of anilines is 1. The summed E-state index contributed by atoms with van der Waals surface area (Å²) in [4.78, 5) is 42.8. The Bertz CT molecular complexity index is 1870. The van der Waals surface area contributed by atoms with Gasteiger partial charge < -0.3 is 28.9 Å². The van der Waals surface area contributed by atoms with Gasteiger partial charge in [0.2, 0.25) is 0 Å². The van der Waals surface area contributed by atoms with Crippen LogP contribution in [0.4, 0.5) is 23.8 Å². The van der Waals surface area contributed by atoms with Crippen LogP contribution in [-0.4, -0.2) is 116 Å². The maximum absolute atomic E-state index is 14.5. The maximum atomic E-state index is 14.5. The molecule has 2 saturated heterocycles. The highest BCUT2D eigenvalue weighted by Crippen LogP contribution is 2.42. The quantitative estimate of drug-likeness (QED) is 0.237. The molecule has 7 rings (SSSR count). The third-order valence-electron chi connectivity index (χ3n) is 10.5. The lowest BCUT2D eigenvalue weighted by atomic mass is 9.85. The molecule has 3 aromatic rings. The van der Waals surface area contributed by atoms with Gasteiger partial charge in [0.1, 0.15) is 35.3 Å². The number of aromatic nitrogens is 4. The number of benzene rings is 1. The summed E-state index contributed by atoms with van der Waals surface area (Å²) in [6.45, 7) is 14.1. The molecule has 1 aromatic carbocycles. The zero-order valence-electron chi connectivity index (χ0n) is 32.0. The van der Waals surface area contributed by atoms with Gasteiger partial charge in [-0.2, -0.15) is 0 Å². The molecular weight excluding hydrogens is 717 g/mol. The van der Waals surface area contributed by atoms with Gasteiger partial charge >= 0.3 is 6.09 Å². The van der Waals surface area contributed by atoms with E-state index in [1.54, 1.807) is 24.9 Å². The third kappa shape index (κ3) is 8.89. The van der Waals surface area contributed by atoms with Gasteiger partial charge in [-0.15, -0.1) is 10.2 Å². The lowest BCUT2D eigenvalue weighted by molar-refractivity contribution is -0.120. The summed E-state index contributed by atoms with van der Waals surface area (Å²) in [5.74, 6) is -2.40. The highest BCUT2D eigenvalue weighted by Gasteiger charge is 2.50. The predicted octanol–water partition coefficient (Wildman–Crippen LogP) is 6.12. The number of pyridine rings is 1. The first-order valence-corrected chi connectivity index (χ1v) is 19.1. The van der Waals surface area contributed by atoms with Crippen molar-refractivity contribution in [2.45, 2.75) is 103 Å². The van der Waals surface area contributed by atoms with Gasteiger partial charge in [0.25, 0.3) is 17.7 Å². The van der Waals surface area contributed by atoms with Crippen molar-refractivity contribution in [1.29, 1.82) is 0 Å². The number of hydrogen-bond acceptors (Lipinski definition) is 11. The number of nitrogens with zero attached hydrogens (tertiary/aromatic N) is 8. The van der Waals surface area contributed by atoms with Crippen LogP contribution in [0.3, 0.4) is 0 Å². The molecule has 16 heteroatoms. The Balaban J connectivity index is 0.969. The zero-order valence-corrected chi connectivity index (χ0v) is 32.0. The van der Waals surface area contributed by atoms with Crippen molar-refractivity contribution in [3.05, 3.63) is 59.4 Å². The smallest absolute Gasteiger partial charge is 0.410 e. The number of halogens is 3. The fraction of sp³-hybridized carbons (Fsp3) is 0.590. The van der Waals surface area contributed by atoms with E-state index < -0.39 is 48.2 Å². The number of likely N-dealkylation sites (tertiary alicyclic amines) is 1. The van der Waals surface area contributed by atoms with Crippen LogP contribution in [-0.2, 0) is 17.7 Å². The first-order chi connectivity index (χ1) is 26.1. The molecular formula is C39H49F3N8O5. The van der Waals surface area contributed by atoms with E-state index in [0.717, 1.165) is 49.1 Å². The molecule has 4 aliphatic rings. The molecule has 2 aromatic heterocycles. The monoisotopic (exact) mass is 766 g/mol.